The minimum Gasteiger partial charge on any atom is -0.495 e. The normalized spacial score (nSPS) is 15.7. The van der Waals surface area contributed by atoms with Gasteiger partial charge in [-0.1, -0.05) is 63.1 Å². The van der Waals surface area contributed by atoms with Crippen molar-refractivity contribution in [3.8, 4) is 16.2 Å². The number of likely N-dealkylation sites (N-methyl/N-ethyl adjacent to an activating group) is 1. The molecule has 0 spiro atoms. The molecule has 3 amide bonds. The highest BCUT2D eigenvalue weighted by atomic mass is 35.5. The smallest absolute Gasteiger partial charge is 0.246 e. The predicted octanol–water partition coefficient (Wildman–Crippen LogP) is 9.02. The average molecular weight is 1090 g/mol. The van der Waals surface area contributed by atoms with Crippen LogP contribution in [-0.2, 0) is 30.6 Å². The third kappa shape index (κ3) is 14.8. The van der Waals surface area contributed by atoms with Crippen LogP contribution in [0.4, 0.5) is 28.8 Å². The number of hydrogen-bond acceptors (Lipinski definition) is 15. The van der Waals surface area contributed by atoms with Gasteiger partial charge in [0.15, 0.2) is 15.7 Å². The van der Waals surface area contributed by atoms with Crippen molar-refractivity contribution in [2.24, 2.45) is 5.41 Å². The van der Waals surface area contributed by atoms with Gasteiger partial charge >= 0.3 is 0 Å². The zero-order valence-corrected chi connectivity index (χ0v) is 47.8. The lowest BCUT2D eigenvalue weighted by atomic mass is 9.85. The third-order valence-corrected chi connectivity index (χ3v) is 17.1. The van der Waals surface area contributed by atoms with Crippen molar-refractivity contribution in [1.29, 1.82) is 0 Å². The number of unbranched alkanes of at least 4 members (excludes halogenated alkanes) is 2. The molecule has 1 saturated heterocycles. The number of thiazole rings is 1. The molecule has 0 bridgehead atoms. The van der Waals surface area contributed by atoms with Gasteiger partial charge in [0.05, 0.1) is 63.1 Å². The van der Waals surface area contributed by atoms with Crippen LogP contribution in [-0.4, -0.2) is 127 Å². The molecule has 406 valence electrons. The molecule has 6 rings (SSSR count). The Morgan fingerprint density at radius 2 is 1.67 bits per heavy atom. The first-order chi connectivity index (χ1) is 35.4. The number of aliphatic hydroxyl groups excluding tert-OH is 1. The van der Waals surface area contributed by atoms with Gasteiger partial charge < -0.3 is 45.8 Å². The van der Waals surface area contributed by atoms with Crippen molar-refractivity contribution in [1.82, 2.24) is 35.4 Å². The molecule has 1 aliphatic heterocycles. The van der Waals surface area contributed by atoms with E-state index in [9.17, 15) is 27.9 Å². The van der Waals surface area contributed by atoms with Crippen molar-refractivity contribution in [3.05, 3.63) is 93.7 Å². The van der Waals surface area contributed by atoms with Crippen molar-refractivity contribution in [2.75, 3.05) is 62.9 Å². The molecular weight excluding hydrogens is 1010 g/mol. The first kappa shape index (κ1) is 58.4. The molecule has 1 aliphatic rings. The van der Waals surface area contributed by atoms with E-state index in [2.05, 4.69) is 85.2 Å². The number of halogens is 1. The molecule has 5 N–H and O–H groups in total. The molecule has 0 unspecified atom stereocenters. The summed E-state index contributed by atoms with van der Waals surface area (Å²) in [6, 6.07) is 14.8. The second kappa shape index (κ2) is 25.3. The van der Waals surface area contributed by atoms with E-state index in [1.807, 2.05) is 52.3 Å². The topological polar surface area (TPSA) is 211 Å². The number of ether oxygens (including phenoxy) is 1. The van der Waals surface area contributed by atoms with Crippen molar-refractivity contribution in [3.63, 3.8) is 0 Å². The second-order valence-electron chi connectivity index (χ2n) is 20.9. The van der Waals surface area contributed by atoms with Crippen LogP contribution < -0.4 is 30.9 Å². The van der Waals surface area contributed by atoms with E-state index in [1.165, 1.54) is 18.0 Å². The predicted molar refractivity (Wildman–Crippen MR) is 300 cm³/mol. The van der Waals surface area contributed by atoms with Gasteiger partial charge in [0.2, 0.25) is 23.7 Å². The van der Waals surface area contributed by atoms with E-state index in [-0.39, 0.29) is 46.5 Å². The molecule has 3 aromatic carbocycles. The first-order valence-electron chi connectivity index (χ1n) is 25.5. The van der Waals surface area contributed by atoms with Gasteiger partial charge in [-0.05, 0) is 125 Å². The molecule has 2 aromatic heterocycles. The number of aliphatic hydroxyl groups is 1. The van der Waals surface area contributed by atoms with Gasteiger partial charge in [0.1, 0.15) is 22.9 Å². The molecule has 20 heteroatoms. The van der Waals surface area contributed by atoms with Gasteiger partial charge in [-0.2, -0.15) is 4.98 Å². The zero-order chi connectivity index (χ0) is 54.9. The van der Waals surface area contributed by atoms with Crippen LogP contribution in [0.15, 0.2) is 71.2 Å². The molecule has 3 heterocycles. The monoisotopic (exact) mass is 1090 g/mol. The van der Waals surface area contributed by atoms with Crippen molar-refractivity contribution in [2.45, 2.75) is 129 Å². The summed E-state index contributed by atoms with van der Waals surface area (Å²) in [7, 11) is 2.24. The molecule has 17 nitrogen and oxygen atoms in total. The fourth-order valence-electron chi connectivity index (χ4n) is 9.22. The Morgan fingerprint density at radius 3 is 2.33 bits per heavy atom. The number of carbonyl (C=O) groups is 3. The Balaban J connectivity index is 1.04. The summed E-state index contributed by atoms with van der Waals surface area (Å²) in [4.78, 5) is 60.7. The summed E-state index contributed by atoms with van der Waals surface area (Å²) >= 11 is 8.09. The number of anilines is 5. The first-order valence-corrected chi connectivity index (χ1v) is 28.3. The van der Waals surface area contributed by atoms with Gasteiger partial charge in [0, 0.05) is 45.7 Å². The van der Waals surface area contributed by atoms with Gasteiger partial charge in [-0.15, -0.1) is 11.3 Å². The van der Waals surface area contributed by atoms with Gasteiger partial charge in [0.25, 0.3) is 0 Å². The fraction of sp³-hybridized carbons (Fsp3) is 0.491. The second-order valence-corrected chi connectivity index (χ2v) is 24.6. The van der Waals surface area contributed by atoms with Crippen LogP contribution in [0, 0.1) is 19.3 Å². The maximum absolute atomic E-state index is 14.1. The molecule has 5 aromatic rings. The summed E-state index contributed by atoms with van der Waals surface area (Å²) in [5.74, 6) is 0.0277. The number of carbonyl (C=O) groups excluding carboxylic acids is 3. The Morgan fingerprint density at radius 1 is 0.947 bits per heavy atom. The van der Waals surface area contributed by atoms with E-state index < -0.39 is 50.6 Å². The summed E-state index contributed by atoms with van der Waals surface area (Å²) in [5.41, 5.74) is 8.37. The number of nitrogens with zero attached hydrogens (tertiary/aromatic N) is 6. The average Bonchev–Trinajstić information content (AvgIpc) is 3.98. The van der Waals surface area contributed by atoms with E-state index in [4.69, 9.17) is 16.3 Å². The Labute approximate surface area is 452 Å². The van der Waals surface area contributed by atoms with Crippen molar-refractivity contribution < 1.29 is 32.6 Å². The highest BCUT2D eigenvalue weighted by Gasteiger charge is 2.44. The standard InChI is InChI=1S/C55H75ClN10O7S2/c1-33(2)75(71,72)48-19-15-14-18-43(48)61-51-42(56)30-57-54(63-51)62-44-26-34(3)38(28-47(44)73-12)22-25-64(10)23-16-13-17-24-65(11)45-27-39(49-36(5)58-32-74-49)20-21-41(45)35(4)59-52(69)46-29-40(68)31-66(46)53(70)50(55(7,8)9)60-37(6)67/h14-15,18-21,26-28,30,32-33,35,40,46,50,68H,13,16-17,22-25,29,31H2,1-12H3,(H,59,69)(H,60,67)(H2,57,61,62,63)/t35-,40+,46-,50+/m0/s1. The zero-order valence-electron chi connectivity index (χ0n) is 45.4. The number of aromatic nitrogens is 3. The fourth-order valence-corrected chi connectivity index (χ4v) is 11.4. The highest BCUT2D eigenvalue weighted by molar-refractivity contribution is 7.92. The molecule has 0 radical (unpaired) electrons. The number of para-hydroxylation sites is 1. The molecule has 4 atom stereocenters. The molecule has 1 fully saturated rings. The summed E-state index contributed by atoms with van der Waals surface area (Å²) in [6.07, 6.45) is 4.46. The Hall–Kier alpha value is -5.86. The quantitative estimate of drug-likeness (QED) is 0.0387. The number of β-amino-alcohol motifs (C(OH)–C–C–N with tert-alkyl or cyclic N) is 1. The maximum Gasteiger partial charge on any atom is 0.246 e. The Kier molecular flexibility index (Phi) is 19.7. The van der Waals surface area contributed by atoms with Crippen LogP contribution in [0.1, 0.15) is 103 Å². The summed E-state index contributed by atoms with van der Waals surface area (Å²) in [6.45, 7) is 18.8. The lowest BCUT2D eigenvalue weighted by Crippen LogP contribution is -2.57. The minimum atomic E-state index is -3.59. The minimum absolute atomic E-state index is 0.00538. The number of likely N-dealkylation sites (tertiary alicyclic amines) is 1. The number of benzene rings is 3. The van der Waals surface area contributed by atoms with E-state index in [0.717, 1.165) is 83.8 Å². The molecular formula is C55H75ClN10O7S2. The lowest BCUT2D eigenvalue weighted by Gasteiger charge is -2.35. The van der Waals surface area contributed by atoms with E-state index in [1.54, 1.807) is 56.6 Å². The number of methoxy groups -OCH3 is 1. The summed E-state index contributed by atoms with van der Waals surface area (Å²) < 4.78 is 32.0. The number of rotatable bonds is 23. The number of sulfone groups is 1. The molecule has 0 aliphatic carbocycles. The number of amides is 3. The van der Waals surface area contributed by atoms with Gasteiger partial charge in [-0.3, -0.25) is 14.4 Å². The number of nitrogens with one attached hydrogen (secondary N) is 4. The number of aryl methyl sites for hydroxylation is 2. The molecule has 0 saturated carbocycles. The SMILES string of the molecule is COc1cc(CCN(C)CCCCCN(C)c2cc(-c3scnc3C)ccc2[C@H](C)NC(=O)[C@@H]2C[C@@H](O)CN2C(=O)[C@@H](NC(C)=O)C(C)(C)C)c(C)cc1Nc1ncc(Cl)c(Nc2ccccc2S(=O)(=O)C(C)C)n1. The van der Waals surface area contributed by atoms with E-state index >= 15 is 0 Å². The Bertz CT molecular complexity index is 2930. The number of hydrogen-bond donors (Lipinski definition) is 5. The van der Waals surface area contributed by atoms with Crippen LogP contribution in [0.3, 0.4) is 0 Å². The van der Waals surface area contributed by atoms with E-state index in [0.29, 0.717) is 17.1 Å². The maximum atomic E-state index is 14.1. The largest absolute Gasteiger partial charge is 0.495 e. The third-order valence-electron chi connectivity index (χ3n) is 13.6. The van der Waals surface area contributed by atoms with Crippen LogP contribution in [0.2, 0.25) is 5.02 Å². The van der Waals surface area contributed by atoms with Crippen LogP contribution in [0.25, 0.3) is 10.4 Å². The van der Waals surface area contributed by atoms with Crippen LogP contribution in [0.5, 0.6) is 5.75 Å². The van der Waals surface area contributed by atoms with Gasteiger partial charge in [-0.25, -0.2) is 18.4 Å². The molecule has 75 heavy (non-hydrogen) atoms. The van der Waals surface area contributed by atoms with Crippen LogP contribution >= 0.6 is 22.9 Å². The lowest BCUT2D eigenvalue weighted by molar-refractivity contribution is -0.144. The summed E-state index contributed by atoms with van der Waals surface area (Å²) in [5, 5.41) is 22.6. The van der Waals surface area contributed by atoms with Crippen molar-refractivity contribution >= 4 is 79.3 Å². The highest BCUT2D eigenvalue weighted by Crippen LogP contribution is 2.37.